The van der Waals surface area contributed by atoms with E-state index in [0.717, 1.165) is 17.7 Å². The normalized spacial score (nSPS) is 15.1. The molecule has 0 saturated carbocycles. The van der Waals surface area contributed by atoms with Crippen LogP contribution in [0.3, 0.4) is 0 Å². The summed E-state index contributed by atoms with van der Waals surface area (Å²) in [6.45, 7) is 2.34. The fraction of sp³-hybridized carbons (Fsp3) is 0.167. The first-order valence-electron chi connectivity index (χ1n) is 9.57. The molecule has 0 aromatic heterocycles. The van der Waals surface area contributed by atoms with E-state index in [9.17, 15) is 14.0 Å². The smallest absolute Gasteiger partial charge is 0.258 e. The minimum Gasteiger partial charge on any atom is -0.348 e. The number of rotatable bonds is 4. The lowest BCUT2D eigenvalue weighted by Gasteiger charge is -2.23. The van der Waals surface area contributed by atoms with Crippen molar-refractivity contribution in [1.82, 2.24) is 5.32 Å². The molecular formula is C24H21FN2O2. The third kappa shape index (κ3) is 3.90. The van der Waals surface area contributed by atoms with Gasteiger partial charge in [-0.2, -0.15) is 0 Å². The molecule has 0 bridgehead atoms. The van der Waals surface area contributed by atoms with Crippen molar-refractivity contribution >= 4 is 17.5 Å². The zero-order chi connectivity index (χ0) is 20.4. The largest absolute Gasteiger partial charge is 0.348 e. The SMILES string of the molecule is CC1Cc2ccccc2N1C(=O)c1ccc(C(=O)NCc2ccc(F)cc2)cc1. The maximum Gasteiger partial charge on any atom is 0.258 e. The molecule has 4 nitrogen and oxygen atoms in total. The first-order valence-corrected chi connectivity index (χ1v) is 9.57. The molecule has 0 radical (unpaired) electrons. The summed E-state index contributed by atoms with van der Waals surface area (Å²) in [4.78, 5) is 27.2. The van der Waals surface area contributed by atoms with Crippen molar-refractivity contribution in [2.45, 2.75) is 25.9 Å². The summed E-state index contributed by atoms with van der Waals surface area (Å²) in [5.41, 5.74) is 3.95. The van der Waals surface area contributed by atoms with E-state index in [1.165, 1.54) is 17.7 Å². The highest BCUT2D eigenvalue weighted by atomic mass is 19.1. The molecule has 0 saturated heterocycles. The Morgan fingerprint density at radius 1 is 0.966 bits per heavy atom. The Hall–Kier alpha value is -3.47. The van der Waals surface area contributed by atoms with Crippen LogP contribution >= 0.6 is 0 Å². The summed E-state index contributed by atoms with van der Waals surface area (Å²) in [7, 11) is 0. The van der Waals surface area contributed by atoms with Gasteiger partial charge in [0.1, 0.15) is 5.82 Å². The number of anilines is 1. The van der Waals surface area contributed by atoms with Gasteiger partial charge in [0.2, 0.25) is 0 Å². The second kappa shape index (κ2) is 7.87. The van der Waals surface area contributed by atoms with Crippen molar-refractivity contribution in [3.05, 3.63) is 101 Å². The number of para-hydroxylation sites is 1. The lowest BCUT2D eigenvalue weighted by atomic mass is 10.1. The maximum atomic E-state index is 13.0. The summed E-state index contributed by atoms with van der Waals surface area (Å²) >= 11 is 0. The summed E-state index contributed by atoms with van der Waals surface area (Å²) in [5.74, 6) is -0.621. The van der Waals surface area contributed by atoms with Crippen LogP contribution in [0.1, 0.15) is 38.8 Å². The standard InChI is InChI=1S/C24H21FN2O2/c1-16-14-20-4-2-3-5-22(20)27(16)24(29)19-10-8-18(9-11-19)23(28)26-15-17-6-12-21(25)13-7-17/h2-13,16H,14-15H2,1H3,(H,26,28). The second-order valence-electron chi connectivity index (χ2n) is 7.24. The number of hydrogen-bond acceptors (Lipinski definition) is 2. The third-order valence-corrected chi connectivity index (χ3v) is 5.19. The van der Waals surface area contributed by atoms with E-state index in [1.807, 2.05) is 36.1 Å². The Kier molecular flexibility index (Phi) is 5.12. The highest BCUT2D eigenvalue weighted by Gasteiger charge is 2.31. The number of carbonyl (C=O) groups is 2. The number of halogens is 1. The zero-order valence-electron chi connectivity index (χ0n) is 16.1. The van der Waals surface area contributed by atoms with Crippen LogP contribution in [0.2, 0.25) is 0 Å². The third-order valence-electron chi connectivity index (χ3n) is 5.19. The Labute approximate surface area is 169 Å². The number of benzene rings is 3. The number of fused-ring (bicyclic) bond motifs is 1. The highest BCUT2D eigenvalue weighted by Crippen LogP contribution is 2.33. The van der Waals surface area contributed by atoms with Crippen LogP contribution in [-0.4, -0.2) is 17.9 Å². The minimum atomic E-state index is -0.310. The lowest BCUT2D eigenvalue weighted by molar-refractivity contribution is 0.0947. The molecule has 3 aromatic rings. The van der Waals surface area contributed by atoms with Crippen LogP contribution in [0.15, 0.2) is 72.8 Å². The van der Waals surface area contributed by atoms with Crippen molar-refractivity contribution in [3.63, 3.8) is 0 Å². The maximum absolute atomic E-state index is 13.0. The van der Waals surface area contributed by atoms with Gasteiger partial charge in [-0.1, -0.05) is 30.3 Å². The molecule has 1 atom stereocenters. The first-order chi connectivity index (χ1) is 14.0. The molecule has 146 valence electrons. The molecule has 5 heteroatoms. The topological polar surface area (TPSA) is 49.4 Å². The van der Waals surface area contributed by atoms with Crippen molar-refractivity contribution in [3.8, 4) is 0 Å². The number of hydrogen-bond donors (Lipinski definition) is 1. The van der Waals surface area contributed by atoms with Gasteiger partial charge >= 0.3 is 0 Å². The fourth-order valence-electron chi connectivity index (χ4n) is 3.66. The Balaban J connectivity index is 1.44. The predicted molar refractivity (Wildman–Crippen MR) is 110 cm³/mol. The van der Waals surface area contributed by atoms with Crippen molar-refractivity contribution in [2.24, 2.45) is 0 Å². The summed E-state index contributed by atoms with van der Waals surface area (Å²) in [5, 5.41) is 2.80. The van der Waals surface area contributed by atoms with E-state index in [1.54, 1.807) is 36.4 Å². The van der Waals surface area contributed by atoms with Gasteiger partial charge in [0, 0.05) is 29.4 Å². The van der Waals surface area contributed by atoms with Gasteiger partial charge in [-0.25, -0.2) is 4.39 Å². The monoisotopic (exact) mass is 388 g/mol. The van der Waals surface area contributed by atoms with E-state index < -0.39 is 0 Å². The quantitative estimate of drug-likeness (QED) is 0.723. The van der Waals surface area contributed by atoms with E-state index in [4.69, 9.17) is 0 Å². The minimum absolute atomic E-state index is 0.0688. The molecule has 2 amide bonds. The number of amides is 2. The van der Waals surface area contributed by atoms with Gasteiger partial charge in [0.15, 0.2) is 0 Å². The molecule has 0 aliphatic carbocycles. The molecule has 4 rings (SSSR count). The molecule has 29 heavy (non-hydrogen) atoms. The van der Waals surface area contributed by atoms with Gasteiger partial charge in [-0.05, 0) is 66.9 Å². The van der Waals surface area contributed by atoms with Gasteiger partial charge in [0.05, 0.1) is 0 Å². The summed E-state index contributed by atoms with van der Waals surface area (Å²) < 4.78 is 13.0. The van der Waals surface area contributed by atoms with E-state index >= 15 is 0 Å². The molecule has 1 heterocycles. The number of nitrogens with zero attached hydrogens (tertiary/aromatic N) is 1. The average Bonchev–Trinajstić information content (AvgIpc) is 3.08. The van der Waals surface area contributed by atoms with Gasteiger partial charge in [0.25, 0.3) is 11.8 Å². The molecule has 1 N–H and O–H groups in total. The molecular weight excluding hydrogens is 367 g/mol. The van der Waals surface area contributed by atoms with Gasteiger partial charge < -0.3 is 10.2 Å². The first kappa shape index (κ1) is 18.9. The molecule has 1 aliphatic rings. The average molecular weight is 388 g/mol. The molecule has 1 aliphatic heterocycles. The van der Waals surface area contributed by atoms with E-state index in [2.05, 4.69) is 5.32 Å². The molecule has 0 spiro atoms. The number of nitrogens with one attached hydrogen (secondary N) is 1. The van der Waals surface area contributed by atoms with Gasteiger partial charge in [-0.15, -0.1) is 0 Å². The molecule has 1 unspecified atom stereocenters. The van der Waals surface area contributed by atoms with Crippen molar-refractivity contribution in [1.29, 1.82) is 0 Å². The van der Waals surface area contributed by atoms with Crippen LogP contribution in [0.4, 0.5) is 10.1 Å². The Bertz CT molecular complexity index is 1050. The summed E-state index contributed by atoms with van der Waals surface area (Å²) in [6, 6.07) is 20.7. The van der Waals surface area contributed by atoms with E-state index in [0.29, 0.717) is 17.7 Å². The van der Waals surface area contributed by atoms with Crippen LogP contribution in [0.5, 0.6) is 0 Å². The van der Waals surface area contributed by atoms with E-state index in [-0.39, 0.29) is 23.7 Å². The Morgan fingerprint density at radius 2 is 1.62 bits per heavy atom. The van der Waals surface area contributed by atoms with Crippen LogP contribution in [-0.2, 0) is 13.0 Å². The van der Waals surface area contributed by atoms with Crippen LogP contribution in [0, 0.1) is 5.82 Å². The van der Waals surface area contributed by atoms with Crippen molar-refractivity contribution in [2.75, 3.05) is 4.90 Å². The van der Waals surface area contributed by atoms with Crippen LogP contribution < -0.4 is 10.2 Å². The molecule has 3 aromatic carbocycles. The Morgan fingerprint density at radius 3 is 2.34 bits per heavy atom. The lowest BCUT2D eigenvalue weighted by Crippen LogP contribution is -2.35. The highest BCUT2D eigenvalue weighted by molar-refractivity contribution is 6.08. The van der Waals surface area contributed by atoms with Crippen molar-refractivity contribution < 1.29 is 14.0 Å². The fourth-order valence-corrected chi connectivity index (χ4v) is 3.66. The summed E-state index contributed by atoms with van der Waals surface area (Å²) in [6.07, 6.45) is 0.839. The zero-order valence-corrected chi connectivity index (χ0v) is 16.1. The van der Waals surface area contributed by atoms with Crippen LogP contribution in [0.25, 0.3) is 0 Å². The second-order valence-corrected chi connectivity index (χ2v) is 7.24. The molecule has 0 fully saturated rings. The predicted octanol–water partition coefficient (Wildman–Crippen LogP) is 4.35. The number of carbonyl (C=O) groups excluding carboxylic acids is 2. The van der Waals surface area contributed by atoms with Gasteiger partial charge in [-0.3, -0.25) is 9.59 Å².